The van der Waals surface area contributed by atoms with Crippen molar-refractivity contribution in [2.45, 2.75) is 45.8 Å². The first-order valence-electron chi connectivity index (χ1n) is 5.27. The molecule has 0 aromatic carbocycles. The van der Waals surface area contributed by atoms with Crippen LogP contribution in [0.15, 0.2) is 0 Å². The molecule has 0 fully saturated rings. The summed E-state index contributed by atoms with van der Waals surface area (Å²) >= 11 is 0. The van der Waals surface area contributed by atoms with Crippen LogP contribution in [0.2, 0.25) is 0 Å². The second-order valence-corrected chi connectivity index (χ2v) is 3.95. The quantitative estimate of drug-likeness (QED) is 0.633. The van der Waals surface area contributed by atoms with Crippen molar-refractivity contribution < 1.29 is 4.74 Å². The number of nitrogens with zero attached hydrogens (tertiary/aromatic N) is 1. The maximum Gasteiger partial charge on any atom is 0.0586 e. The Morgan fingerprint density at radius 1 is 1.15 bits per heavy atom. The summed E-state index contributed by atoms with van der Waals surface area (Å²) in [6.07, 6.45) is 2.74. The lowest BCUT2D eigenvalue weighted by Crippen LogP contribution is -2.40. The molecular weight excluding hydrogens is 162 g/mol. The molecule has 0 heterocycles. The standard InChI is InChI=1S/C11H25NO/c1-7-10(9(3)13-6)11(8-2)12(4)5/h9-11H,7-8H2,1-6H3/t9-,10?,11?/m0/s1. The van der Waals surface area contributed by atoms with E-state index in [1.807, 2.05) is 0 Å². The van der Waals surface area contributed by atoms with Gasteiger partial charge in [-0.05, 0) is 33.9 Å². The van der Waals surface area contributed by atoms with Crippen molar-refractivity contribution in [2.24, 2.45) is 5.92 Å². The van der Waals surface area contributed by atoms with Gasteiger partial charge in [-0.1, -0.05) is 13.8 Å². The Morgan fingerprint density at radius 3 is 1.92 bits per heavy atom. The first-order chi connectivity index (χ1) is 6.08. The molecular formula is C11H25NO. The van der Waals surface area contributed by atoms with Crippen LogP contribution in [-0.2, 0) is 4.74 Å². The normalized spacial score (nSPS) is 18.7. The monoisotopic (exact) mass is 187 g/mol. The van der Waals surface area contributed by atoms with E-state index in [0.29, 0.717) is 18.1 Å². The fourth-order valence-electron chi connectivity index (χ4n) is 2.14. The number of hydrogen-bond acceptors (Lipinski definition) is 2. The van der Waals surface area contributed by atoms with Gasteiger partial charge in [0.05, 0.1) is 6.10 Å². The molecule has 0 aliphatic carbocycles. The van der Waals surface area contributed by atoms with Crippen molar-refractivity contribution in [2.75, 3.05) is 21.2 Å². The molecule has 2 heteroatoms. The van der Waals surface area contributed by atoms with Gasteiger partial charge in [0.2, 0.25) is 0 Å². The second kappa shape index (κ2) is 6.39. The van der Waals surface area contributed by atoms with Gasteiger partial charge < -0.3 is 9.64 Å². The average molecular weight is 187 g/mol. The molecule has 0 saturated heterocycles. The average Bonchev–Trinajstić information content (AvgIpc) is 2.12. The van der Waals surface area contributed by atoms with Crippen LogP contribution in [0.25, 0.3) is 0 Å². The largest absolute Gasteiger partial charge is 0.381 e. The second-order valence-electron chi connectivity index (χ2n) is 3.95. The molecule has 0 saturated carbocycles. The molecule has 0 spiro atoms. The topological polar surface area (TPSA) is 12.5 Å². The highest BCUT2D eigenvalue weighted by Gasteiger charge is 2.25. The summed E-state index contributed by atoms with van der Waals surface area (Å²) in [5.41, 5.74) is 0. The lowest BCUT2D eigenvalue weighted by molar-refractivity contribution is 0.0252. The maximum atomic E-state index is 5.41. The van der Waals surface area contributed by atoms with E-state index in [0.717, 1.165) is 0 Å². The molecule has 0 amide bonds. The van der Waals surface area contributed by atoms with Gasteiger partial charge in [0.1, 0.15) is 0 Å². The van der Waals surface area contributed by atoms with Crippen LogP contribution in [-0.4, -0.2) is 38.3 Å². The lowest BCUT2D eigenvalue weighted by Gasteiger charge is -2.34. The first kappa shape index (κ1) is 12.9. The molecule has 0 radical (unpaired) electrons. The van der Waals surface area contributed by atoms with Crippen LogP contribution < -0.4 is 0 Å². The lowest BCUT2D eigenvalue weighted by atomic mass is 9.89. The first-order valence-corrected chi connectivity index (χ1v) is 5.27. The van der Waals surface area contributed by atoms with Gasteiger partial charge in [-0.3, -0.25) is 0 Å². The molecule has 0 N–H and O–H groups in total. The van der Waals surface area contributed by atoms with Crippen molar-refractivity contribution in [1.82, 2.24) is 4.90 Å². The van der Waals surface area contributed by atoms with Crippen LogP contribution >= 0.6 is 0 Å². The zero-order valence-electron chi connectivity index (χ0n) is 10.0. The van der Waals surface area contributed by atoms with Crippen LogP contribution in [0.1, 0.15) is 33.6 Å². The zero-order chi connectivity index (χ0) is 10.4. The number of ether oxygens (including phenoxy) is 1. The van der Waals surface area contributed by atoms with Gasteiger partial charge in [-0.25, -0.2) is 0 Å². The highest BCUT2D eigenvalue weighted by atomic mass is 16.5. The molecule has 0 rings (SSSR count). The molecule has 13 heavy (non-hydrogen) atoms. The van der Waals surface area contributed by atoms with Gasteiger partial charge >= 0.3 is 0 Å². The minimum atomic E-state index is 0.359. The minimum Gasteiger partial charge on any atom is -0.381 e. The molecule has 0 aliphatic rings. The van der Waals surface area contributed by atoms with E-state index in [2.05, 4.69) is 39.8 Å². The van der Waals surface area contributed by atoms with E-state index >= 15 is 0 Å². The van der Waals surface area contributed by atoms with Gasteiger partial charge in [0.25, 0.3) is 0 Å². The predicted octanol–water partition coefficient (Wildman–Crippen LogP) is 2.39. The summed E-state index contributed by atoms with van der Waals surface area (Å²) in [4.78, 5) is 2.31. The fourth-order valence-corrected chi connectivity index (χ4v) is 2.14. The van der Waals surface area contributed by atoms with E-state index in [1.54, 1.807) is 7.11 Å². The zero-order valence-corrected chi connectivity index (χ0v) is 10.0. The molecule has 80 valence electrons. The number of hydrogen-bond donors (Lipinski definition) is 0. The Labute approximate surface area is 83.3 Å². The minimum absolute atomic E-state index is 0.359. The Balaban J connectivity index is 4.33. The van der Waals surface area contributed by atoms with Crippen molar-refractivity contribution in [1.29, 1.82) is 0 Å². The van der Waals surface area contributed by atoms with E-state index < -0.39 is 0 Å². The van der Waals surface area contributed by atoms with Crippen LogP contribution in [0.5, 0.6) is 0 Å². The molecule has 2 unspecified atom stereocenters. The molecule has 0 bridgehead atoms. The third-order valence-electron chi connectivity index (χ3n) is 3.02. The summed E-state index contributed by atoms with van der Waals surface area (Å²) in [6.45, 7) is 6.66. The summed E-state index contributed by atoms with van der Waals surface area (Å²) < 4.78 is 5.41. The van der Waals surface area contributed by atoms with Crippen molar-refractivity contribution in [3.8, 4) is 0 Å². The molecule has 0 aromatic rings. The van der Waals surface area contributed by atoms with E-state index in [9.17, 15) is 0 Å². The fraction of sp³-hybridized carbons (Fsp3) is 1.00. The van der Waals surface area contributed by atoms with Crippen LogP contribution in [0.4, 0.5) is 0 Å². The third-order valence-corrected chi connectivity index (χ3v) is 3.02. The van der Waals surface area contributed by atoms with Gasteiger partial charge in [0, 0.05) is 19.1 Å². The van der Waals surface area contributed by atoms with Crippen molar-refractivity contribution in [3.05, 3.63) is 0 Å². The highest BCUT2D eigenvalue weighted by molar-refractivity contribution is 4.78. The van der Waals surface area contributed by atoms with Crippen LogP contribution in [0, 0.1) is 5.92 Å². The maximum absolute atomic E-state index is 5.41. The molecule has 3 atom stereocenters. The number of methoxy groups -OCH3 is 1. The summed E-state index contributed by atoms with van der Waals surface area (Å²) in [6, 6.07) is 0.639. The third kappa shape index (κ3) is 3.65. The summed E-state index contributed by atoms with van der Waals surface area (Å²) in [5.74, 6) is 0.644. The Kier molecular flexibility index (Phi) is 6.35. The highest BCUT2D eigenvalue weighted by Crippen LogP contribution is 2.21. The summed E-state index contributed by atoms with van der Waals surface area (Å²) in [7, 11) is 6.11. The van der Waals surface area contributed by atoms with Crippen molar-refractivity contribution in [3.63, 3.8) is 0 Å². The molecule has 0 aromatic heterocycles. The van der Waals surface area contributed by atoms with Gasteiger partial charge in [-0.15, -0.1) is 0 Å². The Hall–Kier alpha value is -0.0800. The molecule has 0 aliphatic heterocycles. The SMILES string of the molecule is CCC(C(CC)N(C)C)[C@H](C)OC. The summed E-state index contributed by atoms with van der Waals surface area (Å²) in [5, 5.41) is 0. The van der Waals surface area contributed by atoms with E-state index in [-0.39, 0.29) is 0 Å². The van der Waals surface area contributed by atoms with Gasteiger partial charge in [0.15, 0.2) is 0 Å². The van der Waals surface area contributed by atoms with Crippen LogP contribution in [0.3, 0.4) is 0 Å². The Bertz CT molecular complexity index is 125. The van der Waals surface area contributed by atoms with Crippen molar-refractivity contribution >= 4 is 0 Å². The molecule has 2 nitrogen and oxygen atoms in total. The smallest absolute Gasteiger partial charge is 0.0586 e. The van der Waals surface area contributed by atoms with Gasteiger partial charge in [-0.2, -0.15) is 0 Å². The Morgan fingerprint density at radius 2 is 1.69 bits per heavy atom. The van der Waals surface area contributed by atoms with E-state index in [4.69, 9.17) is 4.74 Å². The van der Waals surface area contributed by atoms with E-state index in [1.165, 1.54) is 12.8 Å². The number of rotatable bonds is 6. The predicted molar refractivity (Wildman–Crippen MR) is 58.0 cm³/mol.